The number of benzene rings is 1. The van der Waals surface area contributed by atoms with E-state index >= 15 is 0 Å². The van der Waals surface area contributed by atoms with E-state index < -0.39 is 6.09 Å². The molecule has 2 fully saturated rings. The molecule has 0 radical (unpaired) electrons. The summed E-state index contributed by atoms with van der Waals surface area (Å²) in [5, 5.41) is 10.2. The summed E-state index contributed by atoms with van der Waals surface area (Å²) in [4.78, 5) is 26.8. The molecule has 1 amide bonds. The minimum atomic E-state index is -0.883. The number of fused-ring (bicyclic) bond motifs is 3. The molecule has 1 unspecified atom stereocenters. The van der Waals surface area contributed by atoms with Crippen molar-refractivity contribution in [3.63, 3.8) is 0 Å². The van der Waals surface area contributed by atoms with Crippen LogP contribution in [0.15, 0.2) is 10.5 Å². The molecule has 32 heavy (non-hydrogen) atoms. The number of aromatic nitrogens is 2. The Balaban J connectivity index is 1.53. The molecule has 0 saturated carbocycles. The lowest BCUT2D eigenvalue weighted by Gasteiger charge is -2.35. The number of likely N-dealkylation sites (N-methyl/N-ethyl adjacent to an activating group) is 1. The number of nitrogens with zero attached hydrogens (tertiary/aromatic N) is 5. The third-order valence-corrected chi connectivity index (χ3v) is 7.40. The number of anilines is 1. The summed E-state index contributed by atoms with van der Waals surface area (Å²) < 4.78 is 13.2. The lowest BCUT2D eigenvalue weighted by molar-refractivity contribution is 0.142. The number of hydrogen-bond donors (Lipinski definition) is 1. The summed E-state index contributed by atoms with van der Waals surface area (Å²) in [5.41, 5.74) is 1.91. The van der Waals surface area contributed by atoms with Crippen LogP contribution in [0.25, 0.3) is 10.9 Å². The van der Waals surface area contributed by atoms with Gasteiger partial charge in [0.25, 0.3) is 0 Å². The van der Waals surface area contributed by atoms with E-state index in [1.807, 2.05) is 6.07 Å². The van der Waals surface area contributed by atoms with Crippen molar-refractivity contribution < 1.29 is 19.4 Å². The molecule has 4 heterocycles. The van der Waals surface area contributed by atoms with Gasteiger partial charge in [-0.2, -0.15) is 9.97 Å². The van der Waals surface area contributed by atoms with Gasteiger partial charge in [0.05, 0.1) is 17.5 Å². The monoisotopic (exact) mass is 505 g/mol. The molecule has 1 aromatic heterocycles. The Labute approximate surface area is 195 Å². The van der Waals surface area contributed by atoms with Crippen LogP contribution in [0, 0.1) is 0 Å². The van der Waals surface area contributed by atoms with Gasteiger partial charge in [-0.1, -0.05) is 15.9 Å². The Morgan fingerprint density at radius 3 is 2.78 bits per heavy atom. The number of carboxylic acid groups (broad SMARTS) is 1. The zero-order chi connectivity index (χ0) is 22.2. The van der Waals surface area contributed by atoms with Gasteiger partial charge in [0, 0.05) is 42.3 Å². The number of hydrogen-bond acceptors (Lipinski definition) is 7. The van der Waals surface area contributed by atoms with Crippen molar-refractivity contribution in [2.45, 2.75) is 31.7 Å². The van der Waals surface area contributed by atoms with E-state index in [1.54, 1.807) is 0 Å². The van der Waals surface area contributed by atoms with Crippen LogP contribution in [0.2, 0.25) is 0 Å². The van der Waals surface area contributed by atoms with Crippen LogP contribution in [-0.2, 0) is 6.42 Å². The highest BCUT2D eigenvalue weighted by Crippen LogP contribution is 2.42. The highest BCUT2D eigenvalue weighted by molar-refractivity contribution is 9.10. The van der Waals surface area contributed by atoms with Gasteiger partial charge in [-0.3, -0.25) is 0 Å². The number of rotatable bonds is 4. The molecule has 0 aliphatic carbocycles. The van der Waals surface area contributed by atoms with Crippen molar-refractivity contribution in [2.75, 3.05) is 57.9 Å². The van der Waals surface area contributed by atoms with Gasteiger partial charge in [-0.15, -0.1) is 0 Å². The van der Waals surface area contributed by atoms with Gasteiger partial charge in [-0.05, 0) is 45.3 Å². The lowest BCUT2D eigenvalue weighted by Crippen LogP contribution is -2.48. The zero-order valence-corrected chi connectivity index (χ0v) is 19.8. The molecule has 0 spiro atoms. The van der Waals surface area contributed by atoms with Crippen LogP contribution in [0.4, 0.5) is 10.6 Å². The first kappa shape index (κ1) is 21.5. The third-order valence-electron chi connectivity index (χ3n) is 6.69. The highest BCUT2D eigenvalue weighted by atomic mass is 79.9. The van der Waals surface area contributed by atoms with Crippen molar-refractivity contribution >= 4 is 38.7 Å². The van der Waals surface area contributed by atoms with E-state index in [0.29, 0.717) is 51.4 Å². The second-order valence-electron chi connectivity index (χ2n) is 8.69. The molecule has 2 saturated heterocycles. The summed E-state index contributed by atoms with van der Waals surface area (Å²) >= 11 is 3.70. The molecule has 1 aromatic carbocycles. The summed E-state index contributed by atoms with van der Waals surface area (Å²) in [6.45, 7) is 4.30. The van der Waals surface area contributed by atoms with Crippen molar-refractivity contribution in [3.05, 3.63) is 16.1 Å². The molecule has 5 rings (SSSR count). The quantitative estimate of drug-likeness (QED) is 0.677. The number of amides is 1. The number of carbonyl (C=O) groups is 1. The molecular weight excluding hydrogens is 478 g/mol. The van der Waals surface area contributed by atoms with Gasteiger partial charge < -0.3 is 29.3 Å². The normalized spacial score (nSPS) is 21.5. The van der Waals surface area contributed by atoms with Crippen LogP contribution < -0.4 is 14.4 Å². The summed E-state index contributed by atoms with van der Waals surface area (Å²) in [5.74, 6) is 1.60. The largest absolute Gasteiger partial charge is 0.492 e. The maximum absolute atomic E-state index is 11.4. The van der Waals surface area contributed by atoms with Gasteiger partial charge in [0.15, 0.2) is 0 Å². The van der Waals surface area contributed by atoms with E-state index in [-0.39, 0.29) is 0 Å². The van der Waals surface area contributed by atoms with Crippen LogP contribution in [-0.4, -0.2) is 90.0 Å². The van der Waals surface area contributed by atoms with Gasteiger partial charge >= 0.3 is 12.1 Å². The molecule has 0 bridgehead atoms. The average Bonchev–Trinajstić information content (AvgIpc) is 3.22. The fraction of sp³-hybridized carbons (Fsp3) is 0.591. The van der Waals surface area contributed by atoms with E-state index in [0.717, 1.165) is 58.3 Å². The first-order valence-corrected chi connectivity index (χ1v) is 12.0. The van der Waals surface area contributed by atoms with E-state index in [4.69, 9.17) is 19.4 Å². The Morgan fingerprint density at radius 2 is 2.06 bits per heavy atom. The van der Waals surface area contributed by atoms with Crippen molar-refractivity contribution in [2.24, 2.45) is 0 Å². The second-order valence-corrected chi connectivity index (χ2v) is 9.54. The number of piperazine rings is 1. The Kier molecular flexibility index (Phi) is 5.98. The van der Waals surface area contributed by atoms with Crippen LogP contribution in [0.5, 0.6) is 11.8 Å². The predicted octanol–water partition coefficient (Wildman–Crippen LogP) is 2.99. The fourth-order valence-electron chi connectivity index (χ4n) is 4.81. The zero-order valence-electron chi connectivity index (χ0n) is 18.2. The Morgan fingerprint density at radius 1 is 1.25 bits per heavy atom. The topological polar surface area (TPSA) is 91.3 Å². The first-order valence-electron chi connectivity index (χ1n) is 11.2. The molecule has 3 aliphatic rings. The van der Waals surface area contributed by atoms with Gasteiger partial charge in [-0.25, -0.2) is 4.79 Å². The smallest absolute Gasteiger partial charge is 0.407 e. The van der Waals surface area contributed by atoms with Crippen molar-refractivity contribution in [1.82, 2.24) is 19.8 Å². The molecule has 1 N–H and O–H groups in total. The molecule has 3 aliphatic heterocycles. The van der Waals surface area contributed by atoms with Gasteiger partial charge in [0.2, 0.25) is 0 Å². The summed E-state index contributed by atoms with van der Waals surface area (Å²) in [6.07, 6.45) is 3.32. The third kappa shape index (κ3) is 4.05. The first-order chi connectivity index (χ1) is 15.5. The molecule has 9 nitrogen and oxygen atoms in total. The maximum Gasteiger partial charge on any atom is 0.407 e. The molecule has 1 atom stereocenters. The van der Waals surface area contributed by atoms with E-state index in [9.17, 15) is 9.90 Å². The molecule has 2 aromatic rings. The Hall–Kier alpha value is -2.33. The minimum absolute atomic E-state index is 0.358. The molecule has 10 heteroatoms. The van der Waals surface area contributed by atoms with Gasteiger partial charge in [0.1, 0.15) is 18.2 Å². The Bertz CT molecular complexity index is 1030. The van der Waals surface area contributed by atoms with E-state index in [1.165, 1.54) is 11.3 Å². The molecule has 172 valence electrons. The standard InChI is InChI=1S/C22H28BrN5O4/c1-26-6-2-4-14(26)13-32-21-24-17-12-16(23)15-5-3-11-31-19(15)18(17)20(25-21)27-7-9-28(10-8-27)22(29)30/h12,14H,2-11,13H2,1H3,(H,29,30). The van der Waals surface area contributed by atoms with Crippen LogP contribution in [0.3, 0.4) is 0 Å². The fourth-order valence-corrected chi connectivity index (χ4v) is 5.41. The SMILES string of the molecule is CN1CCCC1COc1nc(N2CCN(C(=O)O)CC2)c2c3c(c(Br)cc2n1)CCCO3. The number of halogens is 1. The number of ether oxygens (including phenoxy) is 2. The van der Waals surface area contributed by atoms with Crippen molar-refractivity contribution in [1.29, 1.82) is 0 Å². The maximum atomic E-state index is 11.4. The van der Waals surface area contributed by atoms with E-state index in [2.05, 4.69) is 32.8 Å². The predicted molar refractivity (Wildman–Crippen MR) is 124 cm³/mol. The summed E-state index contributed by atoms with van der Waals surface area (Å²) in [7, 11) is 2.12. The lowest BCUT2D eigenvalue weighted by atomic mass is 10.0. The average molecular weight is 506 g/mol. The summed E-state index contributed by atoms with van der Waals surface area (Å²) in [6, 6.07) is 2.75. The van der Waals surface area contributed by atoms with Crippen LogP contribution >= 0.6 is 15.9 Å². The van der Waals surface area contributed by atoms with Crippen molar-refractivity contribution in [3.8, 4) is 11.8 Å². The second kappa shape index (κ2) is 8.90. The highest BCUT2D eigenvalue weighted by Gasteiger charge is 2.28. The number of likely N-dealkylation sites (tertiary alicyclic amines) is 1. The van der Waals surface area contributed by atoms with Crippen LogP contribution in [0.1, 0.15) is 24.8 Å². The minimum Gasteiger partial charge on any atom is -0.492 e. The molecular formula is C22H28BrN5O4.